The van der Waals surface area contributed by atoms with Gasteiger partial charge in [-0.05, 0) is 72.0 Å². The van der Waals surface area contributed by atoms with Crippen LogP contribution >= 0.6 is 0 Å². The van der Waals surface area contributed by atoms with Gasteiger partial charge in [-0.1, -0.05) is 60.7 Å². The largest absolute Gasteiger partial charge is 0.573 e. The first kappa shape index (κ1) is 26.7. The summed E-state index contributed by atoms with van der Waals surface area (Å²) in [6, 6.07) is 26.5. The first-order chi connectivity index (χ1) is 19.2. The zero-order chi connectivity index (χ0) is 28.3. The average Bonchev–Trinajstić information content (AvgIpc) is 3.42. The Morgan fingerprint density at radius 1 is 0.875 bits per heavy atom. The van der Waals surface area contributed by atoms with E-state index in [1.54, 1.807) is 0 Å². The molecule has 0 bridgehead atoms. The minimum atomic E-state index is -4.75. The number of amides is 1. The van der Waals surface area contributed by atoms with Crippen LogP contribution in [0.2, 0.25) is 0 Å². The number of rotatable bonds is 7. The molecule has 4 aromatic carbocycles. The lowest BCUT2D eigenvalue weighted by atomic mass is 9.92. The van der Waals surface area contributed by atoms with Gasteiger partial charge in [0.2, 0.25) is 0 Å². The summed E-state index contributed by atoms with van der Waals surface area (Å²) in [4.78, 5) is 17.5. The van der Waals surface area contributed by atoms with Gasteiger partial charge in [0.25, 0.3) is 5.91 Å². The lowest BCUT2D eigenvalue weighted by Crippen LogP contribution is -2.23. The molecule has 1 heterocycles. The van der Waals surface area contributed by atoms with Gasteiger partial charge in [0.1, 0.15) is 12.1 Å². The van der Waals surface area contributed by atoms with Crippen LogP contribution in [0.4, 0.5) is 13.2 Å². The summed E-state index contributed by atoms with van der Waals surface area (Å²) in [5, 5.41) is 7.44. The molecule has 0 fully saturated rings. The van der Waals surface area contributed by atoms with Crippen LogP contribution in [-0.4, -0.2) is 27.0 Å². The number of carbonyl (C=O) groups excluding carboxylic acids is 1. The Morgan fingerprint density at radius 2 is 1.55 bits per heavy atom. The van der Waals surface area contributed by atoms with E-state index >= 15 is 0 Å². The van der Waals surface area contributed by atoms with Crippen LogP contribution in [0, 0.1) is 13.8 Å². The summed E-state index contributed by atoms with van der Waals surface area (Å²) in [6.45, 7) is 4.42. The smallest absolute Gasteiger partial charge is 0.406 e. The van der Waals surface area contributed by atoms with Gasteiger partial charge >= 0.3 is 6.36 Å². The maximum absolute atomic E-state index is 13.2. The van der Waals surface area contributed by atoms with Gasteiger partial charge in [-0.25, -0.2) is 9.67 Å². The Morgan fingerprint density at radius 3 is 2.23 bits per heavy atom. The lowest BCUT2D eigenvalue weighted by molar-refractivity contribution is -0.274. The zero-order valence-electron chi connectivity index (χ0n) is 21.7. The van der Waals surface area contributed by atoms with Crippen LogP contribution in [0.25, 0.3) is 28.2 Å². The van der Waals surface area contributed by atoms with E-state index in [2.05, 4.69) is 20.1 Å². The molecule has 5 aromatic rings. The number of hydrogen-bond donors (Lipinski definition) is 1. The average molecular weight is 543 g/mol. The van der Waals surface area contributed by atoms with E-state index in [1.807, 2.05) is 80.6 Å². The van der Waals surface area contributed by atoms with Crippen molar-refractivity contribution in [3.05, 3.63) is 120 Å². The minimum Gasteiger partial charge on any atom is -0.406 e. The normalized spacial score (nSPS) is 11.3. The van der Waals surface area contributed by atoms with Crippen LogP contribution < -0.4 is 10.1 Å². The zero-order valence-corrected chi connectivity index (χ0v) is 21.7. The number of hydrogen-bond acceptors (Lipinski definition) is 4. The molecule has 0 atom stereocenters. The lowest BCUT2D eigenvalue weighted by Gasteiger charge is -2.14. The van der Waals surface area contributed by atoms with Gasteiger partial charge in [0, 0.05) is 17.7 Å². The second kappa shape index (κ2) is 11.1. The monoisotopic (exact) mass is 542 g/mol. The van der Waals surface area contributed by atoms with E-state index in [0.29, 0.717) is 23.6 Å². The number of nitrogens with one attached hydrogen (secondary N) is 1. The van der Waals surface area contributed by atoms with Gasteiger partial charge in [0.15, 0.2) is 5.82 Å². The van der Waals surface area contributed by atoms with Crippen molar-refractivity contribution in [3.8, 4) is 34.0 Å². The van der Waals surface area contributed by atoms with Gasteiger partial charge in [-0.2, -0.15) is 0 Å². The first-order valence-electron chi connectivity index (χ1n) is 12.5. The molecule has 0 aliphatic heterocycles. The molecule has 0 saturated heterocycles. The number of carbonyl (C=O) groups is 1. The Bertz CT molecular complexity index is 1620. The van der Waals surface area contributed by atoms with Crippen molar-refractivity contribution < 1.29 is 22.7 Å². The second-order valence-corrected chi connectivity index (χ2v) is 9.25. The van der Waals surface area contributed by atoms with E-state index in [9.17, 15) is 18.0 Å². The standard InChI is InChI=1S/C31H25F3N4O2/c1-20-6-5-7-21(2)28(20)26-8-3-4-9-27(26)30(39)35-18-22-10-12-23(13-11-22)29-36-19-38(37-29)24-14-16-25(17-15-24)40-31(32,33)34/h3-17,19H,18H2,1-2H3,(H,35,39). The Balaban J connectivity index is 1.25. The summed E-state index contributed by atoms with van der Waals surface area (Å²) in [5.41, 5.74) is 7.00. The number of benzene rings is 4. The third-order valence-electron chi connectivity index (χ3n) is 6.41. The number of nitrogens with zero attached hydrogens (tertiary/aromatic N) is 3. The fraction of sp³-hybridized carbons (Fsp3) is 0.129. The molecule has 5 rings (SSSR count). The van der Waals surface area contributed by atoms with Gasteiger partial charge in [-0.3, -0.25) is 4.79 Å². The molecule has 0 aliphatic rings. The molecule has 40 heavy (non-hydrogen) atoms. The Labute approximate surface area is 229 Å². The number of aromatic nitrogens is 3. The topological polar surface area (TPSA) is 69.0 Å². The molecule has 1 amide bonds. The fourth-order valence-corrected chi connectivity index (χ4v) is 4.51. The van der Waals surface area contributed by atoms with Gasteiger partial charge < -0.3 is 10.1 Å². The summed E-state index contributed by atoms with van der Waals surface area (Å²) >= 11 is 0. The van der Waals surface area contributed by atoms with E-state index < -0.39 is 6.36 Å². The maximum atomic E-state index is 13.2. The first-order valence-corrected chi connectivity index (χ1v) is 12.5. The molecule has 9 heteroatoms. The van der Waals surface area contributed by atoms with Crippen molar-refractivity contribution in [3.63, 3.8) is 0 Å². The third kappa shape index (κ3) is 6.04. The molecular formula is C31H25F3N4O2. The molecular weight excluding hydrogens is 517 g/mol. The second-order valence-electron chi connectivity index (χ2n) is 9.25. The van der Waals surface area contributed by atoms with E-state index in [0.717, 1.165) is 33.4 Å². The predicted octanol–water partition coefficient (Wildman–Crippen LogP) is 7.05. The minimum absolute atomic E-state index is 0.158. The van der Waals surface area contributed by atoms with Crippen LogP contribution in [0.5, 0.6) is 5.75 Å². The molecule has 0 aliphatic carbocycles. The number of alkyl halides is 3. The Kier molecular flexibility index (Phi) is 7.37. The summed E-state index contributed by atoms with van der Waals surface area (Å²) in [7, 11) is 0. The molecule has 1 aromatic heterocycles. The van der Waals surface area contributed by atoms with Crippen molar-refractivity contribution in [2.45, 2.75) is 26.8 Å². The highest BCUT2D eigenvalue weighted by Crippen LogP contribution is 2.30. The number of ether oxygens (including phenoxy) is 1. The molecule has 0 unspecified atom stereocenters. The van der Waals surface area contributed by atoms with Crippen molar-refractivity contribution >= 4 is 5.91 Å². The van der Waals surface area contributed by atoms with Gasteiger partial charge in [0.05, 0.1) is 5.69 Å². The molecule has 0 radical (unpaired) electrons. The van der Waals surface area contributed by atoms with Crippen molar-refractivity contribution in [2.24, 2.45) is 0 Å². The predicted molar refractivity (Wildman–Crippen MR) is 146 cm³/mol. The highest BCUT2D eigenvalue weighted by atomic mass is 19.4. The SMILES string of the molecule is Cc1cccc(C)c1-c1ccccc1C(=O)NCc1ccc(-c2ncn(-c3ccc(OC(F)(F)F)cc3)n2)cc1. The summed E-state index contributed by atoms with van der Waals surface area (Å²) in [5.74, 6) is -0.0174. The van der Waals surface area contributed by atoms with E-state index in [-0.39, 0.29) is 11.7 Å². The maximum Gasteiger partial charge on any atom is 0.573 e. The van der Waals surface area contributed by atoms with Crippen molar-refractivity contribution in [2.75, 3.05) is 0 Å². The summed E-state index contributed by atoms with van der Waals surface area (Å²) < 4.78 is 42.5. The highest BCUT2D eigenvalue weighted by molar-refractivity contribution is 6.01. The molecule has 202 valence electrons. The van der Waals surface area contributed by atoms with Crippen LogP contribution in [0.1, 0.15) is 27.0 Å². The van der Waals surface area contributed by atoms with Crippen molar-refractivity contribution in [1.82, 2.24) is 20.1 Å². The molecule has 0 saturated carbocycles. The highest BCUT2D eigenvalue weighted by Gasteiger charge is 2.31. The quantitative estimate of drug-likeness (QED) is 0.239. The summed E-state index contributed by atoms with van der Waals surface area (Å²) in [6.07, 6.45) is -3.27. The molecule has 0 spiro atoms. The number of halogens is 3. The van der Waals surface area contributed by atoms with E-state index in [1.165, 1.54) is 35.3 Å². The fourth-order valence-electron chi connectivity index (χ4n) is 4.51. The van der Waals surface area contributed by atoms with Crippen LogP contribution in [-0.2, 0) is 6.54 Å². The molecule has 1 N–H and O–H groups in total. The Hall–Kier alpha value is -4.92. The van der Waals surface area contributed by atoms with E-state index in [4.69, 9.17) is 0 Å². The van der Waals surface area contributed by atoms with Crippen LogP contribution in [0.15, 0.2) is 97.3 Å². The van der Waals surface area contributed by atoms with Crippen LogP contribution in [0.3, 0.4) is 0 Å². The third-order valence-corrected chi connectivity index (χ3v) is 6.41. The van der Waals surface area contributed by atoms with Crippen molar-refractivity contribution in [1.29, 1.82) is 0 Å². The molecule has 6 nitrogen and oxygen atoms in total. The van der Waals surface area contributed by atoms with Gasteiger partial charge in [-0.15, -0.1) is 18.3 Å². The number of aryl methyl sites for hydroxylation is 2.